The molecule has 0 radical (unpaired) electrons. The SMILES string of the molecule is C[C@@H](O[C@H]1CCN(C(=O)OC(C)(C)C)C1)c1ccc[nH]1. The lowest BCUT2D eigenvalue weighted by atomic mass is 10.2. The Bertz CT molecular complexity index is 436. The van der Waals surface area contributed by atoms with Crippen molar-refractivity contribution in [3.05, 3.63) is 24.0 Å². The minimum Gasteiger partial charge on any atom is -0.444 e. The molecule has 0 aromatic carbocycles. The van der Waals surface area contributed by atoms with E-state index in [0.29, 0.717) is 13.1 Å². The largest absolute Gasteiger partial charge is 0.444 e. The molecule has 0 spiro atoms. The summed E-state index contributed by atoms with van der Waals surface area (Å²) in [4.78, 5) is 16.8. The van der Waals surface area contributed by atoms with Crippen LogP contribution in [-0.4, -0.2) is 40.8 Å². The topological polar surface area (TPSA) is 54.6 Å². The number of rotatable bonds is 3. The molecule has 1 aromatic rings. The number of nitrogens with zero attached hydrogens (tertiary/aromatic N) is 1. The van der Waals surface area contributed by atoms with Crippen LogP contribution in [0.25, 0.3) is 0 Å². The summed E-state index contributed by atoms with van der Waals surface area (Å²) >= 11 is 0. The molecule has 5 nitrogen and oxygen atoms in total. The van der Waals surface area contributed by atoms with Crippen LogP contribution in [0.4, 0.5) is 4.79 Å². The summed E-state index contributed by atoms with van der Waals surface area (Å²) in [5.41, 5.74) is 0.605. The number of nitrogens with one attached hydrogen (secondary N) is 1. The molecule has 5 heteroatoms. The van der Waals surface area contributed by atoms with E-state index in [2.05, 4.69) is 4.98 Å². The van der Waals surface area contributed by atoms with Crippen LogP contribution in [0.15, 0.2) is 18.3 Å². The third-order valence-corrected chi connectivity index (χ3v) is 3.25. The van der Waals surface area contributed by atoms with Crippen LogP contribution in [0, 0.1) is 0 Å². The Morgan fingerprint density at radius 3 is 2.85 bits per heavy atom. The predicted molar refractivity (Wildman–Crippen MR) is 76.5 cm³/mol. The lowest BCUT2D eigenvalue weighted by molar-refractivity contribution is -0.00538. The number of carbonyl (C=O) groups is 1. The highest BCUT2D eigenvalue weighted by Gasteiger charge is 2.31. The zero-order valence-corrected chi connectivity index (χ0v) is 12.7. The fourth-order valence-electron chi connectivity index (χ4n) is 2.29. The molecule has 2 rings (SSSR count). The van der Waals surface area contributed by atoms with Crippen molar-refractivity contribution in [2.75, 3.05) is 13.1 Å². The molecule has 1 fully saturated rings. The number of likely N-dealkylation sites (tertiary alicyclic amines) is 1. The Morgan fingerprint density at radius 1 is 1.50 bits per heavy atom. The quantitative estimate of drug-likeness (QED) is 0.925. The van der Waals surface area contributed by atoms with Crippen molar-refractivity contribution in [2.45, 2.75) is 51.9 Å². The van der Waals surface area contributed by atoms with Gasteiger partial charge < -0.3 is 19.4 Å². The molecule has 2 atom stereocenters. The van der Waals surface area contributed by atoms with Crippen LogP contribution in [0.1, 0.15) is 45.9 Å². The van der Waals surface area contributed by atoms with E-state index in [1.165, 1.54) is 0 Å². The van der Waals surface area contributed by atoms with Crippen molar-refractivity contribution >= 4 is 6.09 Å². The Labute approximate surface area is 120 Å². The van der Waals surface area contributed by atoms with Gasteiger partial charge in [0.05, 0.1) is 18.8 Å². The smallest absolute Gasteiger partial charge is 0.410 e. The summed E-state index contributed by atoms with van der Waals surface area (Å²) in [5.74, 6) is 0. The van der Waals surface area contributed by atoms with Crippen molar-refractivity contribution in [1.29, 1.82) is 0 Å². The van der Waals surface area contributed by atoms with E-state index in [0.717, 1.165) is 12.1 Å². The highest BCUT2D eigenvalue weighted by atomic mass is 16.6. The summed E-state index contributed by atoms with van der Waals surface area (Å²) in [6, 6.07) is 3.96. The molecule has 0 unspecified atom stereocenters. The number of ether oxygens (including phenoxy) is 2. The van der Waals surface area contributed by atoms with Gasteiger partial charge in [-0.25, -0.2) is 4.79 Å². The number of H-pyrrole nitrogens is 1. The van der Waals surface area contributed by atoms with Gasteiger partial charge in [0.1, 0.15) is 5.60 Å². The van der Waals surface area contributed by atoms with Gasteiger partial charge in [0.25, 0.3) is 0 Å². The van der Waals surface area contributed by atoms with Gasteiger partial charge in [0, 0.05) is 18.4 Å². The van der Waals surface area contributed by atoms with Crippen molar-refractivity contribution in [2.24, 2.45) is 0 Å². The molecule has 1 aromatic heterocycles. The molecule has 0 saturated carbocycles. The van der Waals surface area contributed by atoms with E-state index in [-0.39, 0.29) is 18.3 Å². The highest BCUT2D eigenvalue weighted by molar-refractivity contribution is 5.68. The summed E-state index contributed by atoms with van der Waals surface area (Å²) in [7, 11) is 0. The number of aromatic amines is 1. The first-order chi connectivity index (χ1) is 9.35. The molecule has 1 aliphatic rings. The molecule has 0 bridgehead atoms. The van der Waals surface area contributed by atoms with E-state index in [4.69, 9.17) is 9.47 Å². The lowest BCUT2D eigenvalue weighted by Gasteiger charge is -2.24. The van der Waals surface area contributed by atoms with Gasteiger partial charge in [-0.05, 0) is 46.2 Å². The van der Waals surface area contributed by atoms with E-state index in [9.17, 15) is 4.79 Å². The maximum absolute atomic E-state index is 12.0. The van der Waals surface area contributed by atoms with E-state index < -0.39 is 5.60 Å². The number of hydrogen-bond acceptors (Lipinski definition) is 3. The van der Waals surface area contributed by atoms with Crippen LogP contribution >= 0.6 is 0 Å². The number of carbonyl (C=O) groups excluding carboxylic acids is 1. The second-order valence-corrected chi connectivity index (χ2v) is 6.24. The van der Waals surface area contributed by atoms with Gasteiger partial charge in [-0.1, -0.05) is 0 Å². The molecule has 2 heterocycles. The second kappa shape index (κ2) is 5.87. The first-order valence-corrected chi connectivity index (χ1v) is 7.12. The van der Waals surface area contributed by atoms with Gasteiger partial charge in [-0.15, -0.1) is 0 Å². The summed E-state index contributed by atoms with van der Waals surface area (Å²) < 4.78 is 11.4. The predicted octanol–water partition coefficient (Wildman–Crippen LogP) is 3.10. The van der Waals surface area contributed by atoms with Crippen LogP contribution < -0.4 is 0 Å². The average Bonchev–Trinajstić information content (AvgIpc) is 2.97. The second-order valence-electron chi connectivity index (χ2n) is 6.24. The minimum absolute atomic E-state index is 0.00795. The fraction of sp³-hybridized carbons (Fsp3) is 0.667. The summed E-state index contributed by atoms with van der Waals surface area (Å²) in [6.45, 7) is 8.94. The third-order valence-electron chi connectivity index (χ3n) is 3.25. The maximum atomic E-state index is 12.0. The average molecular weight is 280 g/mol. The van der Waals surface area contributed by atoms with E-state index in [1.54, 1.807) is 4.90 Å². The molecule has 112 valence electrons. The fourth-order valence-corrected chi connectivity index (χ4v) is 2.29. The van der Waals surface area contributed by atoms with Crippen LogP contribution in [0.2, 0.25) is 0 Å². The molecular formula is C15H24N2O3. The van der Waals surface area contributed by atoms with Gasteiger partial charge in [0.15, 0.2) is 0 Å². The van der Waals surface area contributed by atoms with Crippen molar-refractivity contribution in [1.82, 2.24) is 9.88 Å². The minimum atomic E-state index is -0.451. The zero-order chi connectivity index (χ0) is 14.8. The highest BCUT2D eigenvalue weighted by Crippen LogP contribution is 2.23. The Morgan fingerprint density at radius 2 is 2.25 bits per heavy atom. The van der Waals surface area contributed by atoms with Gasteiger partial charge in [-0.3, -0.25) is 0 Å². The first kappa shape index (κ1) is 14.9. The van der Waals surface area contributed by atoms with Gasteiger partial charge >= 0.3 is 6.09 Å². The monoisotopic (exact) mass is 280 g/mol. The van der Waals surface area contributed by atoms with Gasteiger partial charge in [-0.2, -0.15) is 0 Å². The molecule has 1 aliphatic heterocycles. The van der Waals surface area contributed by atoms with E-state index in [1.807, 2.05) is 46.0 Å². The zero-order valence-electron chi connectivity index (χ0n) is 12.7. The van der Waals surface area contributed by atoms with Crippen LogP contribution in [0.5, 0.6) is 0 Å². The molecule has 0 aliphatic carbocycles. The first-order valence-electron chi connectivity index (χ1n) is 7.12. The lowest BCUT2D eigenvalue weighted by Crippen LogP contribution is -2.36. The van der Waals surface area contributed by atoms with E-state index >= 15 is 0 Å². The van der Waals surface area contributed by atoms with Crippen molar-refractivity contribution in [3.63, 3.8) is 0 Å². The molecule has 1 N–H and O–H groups in total. The maximum Gasteiger partial charge on any atom is 0.410 e. The number of aromatic nitrogens is 1. The Balaban J connectivity index is 1.82. The van der Waals surface area contributed by atoms with Crippen molar-refractivity contribution in [3.8, 4) is 0 Å². The molecule has 1 amide bonds. The molecule has 1 saturated heterocycles. The Kier molecular flexibility index (Phi) is 4.38. The van der Waals surface area contributed by atoms with Crippen LogP contribution in [-0.2, 0) is 9.47 Å². The van der Waals surface area contributed by atoms with Crippen LogP contribution in [0.3, 0.4) is 0 Å². The Hall–Kier alpha value is -1.49. The standard InChI is InChI=1S/C15H24N2O3/c1-11(13-6-5-8-16-13)19-12-7-9-17(10-12)14(18)20-15(2,3)4/h5-6,8,11-12,16H,7,9-10H2,1-4H3/t11-,12+/m1/s1. The summed E-state index contributed by atoms with van der Waals surface area (Å²) in [6.07, 6.45) is 2.56. The third kappa shape index (κ3) is 4.00. The van der Waals surface area contributed by atoms with Gasteiger partial charge in [0.2, 0.25) is 0 Å². The molecular weight excluding hydrogens is 256 g/mol. The number of amides is 1. The normalized spacial score (nSPS) is 21.0. The summed E-state index contributed by atoms with van der Waals surface area (Å²) in [5, 5.41) is 0. The van der Waals surface area contributed by atoms with Crippen molar-refractivity contribution < 1.29 is 14.3 Å². The molecule has 20 heavy (non-hydrogen) atoms. The number of hydrogen-bond donors (Lipinski definition) is 1.